The first kappa shape index (κ1) is 13.5. The van der Waals surface area contributed by atoms with Crippen molar-refractivity contribution in [2.75, 3.05) is 0 Å². The summed E-state index contributed by atoms with van der Waals surface area (Å²) in [6.45, 7) is 5.27. The fourth-order valence-electron chi connectivity index (χ4n) is 1.53. The zero-order valence-corrected chi connectivity index (χ0v) is 12.2. The van der Waals surface area contributed by atoms with Gasteiger partial charge >= 0.3 is 0 Å². The zero-order valence-electron chi connectivity index (χ0n) is 10.6. The fourth-order valence-corrected chi connectivity index (χ4v) is 2.53. The third-order valence-corrected chi connectivity index (χ3v) is 4.18. The van der Waals surface area contributed by atoms with E-state index in [0.717, 1.165) is 28.6 Å². The maximum atomic E-state index is 5.88. The molecule has 0 amide bonds. The molecule has 2 nitrogen and oxygen atoms in total. The molecule has 0 fully saturated rings. The minimum atomic E-state index is 0.547. The van der Waals surface area contributed by atoms with Crippen LogP contribution in [0.25, 0.3) is 10.6 Å². The summed E-state index contributed by atoms with van der Waals surface area (Å²) in [6, 6.07) is 8.36. The van der Waals surface area contributed by atoms with Crippen LogP contribution in [0, 0.1) is 0 Å². The van der Waals surface area contributed by atoms with Gasteiger partial charge < -0.3 is 5.32 Å². The summed E-state index contributed by atoms with van der Waals surface area (Å²) in [5.74, 6) is 0. The molecule has 2 rings (SSSR count). The molecule has 0 saturated carbocycles. The molecule has 0 aliphatic heterocycles. The highest BCUT2D eigenvalue weighted by Gasteiger charge is 2.05. The quantitative estimate of drug-likeness (QED) is 0.881. The molecule has 0 saturated heterocycles. The second-order valence-corrected chi connectivity index (χ2v) is 5.88. The smallest absolute Gasteiger partial charge is 0.123 e. The highest BCUT2D eigenvalue weighted by Crippen LogP contribution is 2.26. The van der Waals surface area contributed by atoms with Crippen molar-refractivity contribution in [2.45, 2.75) is 32.9 Å². The number of benzene rings is 1. The predicted molar refractivity (Wildman–Crippen MR) is 79.2 cm³/mol. The molecule has 1 aromatic carbocycles. The summed E-state index contributed by atoms with van der Waals surface area (Å²) in [6.07, 6.45) is 3.09. The van der Waals surface area contributed by atoms with E-state index in [-0.39, 0.29) is 0 Å². The van der Waals surface area contributed by atoms with E-state index in [1.165, 1.54) is 4.88 Å². The summed E-state index contributed by atoms with van der Waals surface area (Å²) >= 11 is 7.61. The number of hydrogen-bond acceptors (Lipinski definition) is 3. The van der Waals surface area contributed by atoms with Gasteiger partial charge in [0.2, 0.25) is 0 Å². The van der Waals surface area contributed by atoms with E-state index in [1.54, 1.807) is 11.3 Å². The van der Waals surface area contributed by atoms with E-state index < -0.39 is 0 Å². The number of thiazole rings is 1. The van der Waals surface area contributed by atoms with Gasteiger partial charge in [-0.2, -0.15) is 0 Å². The minimum absolute atomic E-state index is 0.547. The SMILES string of the molecule is CCC(C)NCc1cnc(-c2ccc(Cl)cc2)s1. The van der Waals surface area contributed by atoms with Crippen molar-refractivity contribution in [3.63, 3.8) is 0 Å². The van der Waals surface area contributed by atoms with Crippen LogP contribution in [0.5, 0.6) is 0 Å². The minimum Gasteiger partial charge on any atom is -0.309 e. The van der Waals surface area contributed by atoms with Crippen LogP contribution in [-0.2, 0) is 6.54 Å². The lowest BCUT2D eigenvalue weighted by atomic mass is 10.2. The maximum Gasteiger partial charge on any atom is 0.123 e. The monoisotopic (exact) mass is 280 g/mol. The Kier molecular flexibility index (Phi) is 4.75. The van der Waals surface area contributed by atoms with E-state index in [9.17, 15) is 0 Å². The van der Waals surface area contributed by atoms with Gasteiger partial charge in [-0.25, -0.2) is 4.98 Å². The number of hydrogen-bond donors (Lipinski definition) is 1. The van der Waals surface area contributed by atoms with Gasteiger partial charge in [0.1, 0.15) is 5.01 Å². The van der Waals surface area contributed by atoms with E-state index in [2.05, 4.69) is 24.1 Å². The van der Waals surface area contributed by atoms with Gasteiger partial charge in [-0.05, 0) is 25.5 Å². The van der Waals surface area contributed by atoms with E-state index in [4.69, 9.17) is 11.6 Å². The van der Waals surface area contributed by atoms with Crippen LogP contribution < -0.4 is 5.32 Å². The molecule has 0 spiro atoms. The summed E-state index contributed by atoms with van der Waals surface area (Å²) in [5, 5.41) is 5.28. The first-order chi connectivity index (χ1) is 8.69. The molecule has 0 radical (unpaired) electrons. The predicted octanol–water partition coefficient (Wildman–Crippen LogP) is 4.35. The second kappa shape index (κ2) is 6.32. The highest BCUT2D eigenvalue weighted by atomic mass is 35.5. The standard InChI is InChI=1S/C14H17ClN2S/c1-3-10(2)16-8-13-9-17-14(18-13)11-4-6-12(15)7-5-11/h4-7,9-10,16H,3,8H2,1-2H3. The third-order valence-electron chi connectivity index (χ3n) is 2.88. The van der Waals surface area contributed by atoms with Gasteiger partial charge in [0.15, 0.2) is 0 Å². The molecule has 4 heteroatoms. The van der Waals surface area contributed by atoms with Gasteiger partial charge in [0.05, 0.1) is 0 Å². The number of halogens is 1. The molecule has 0 aliphatic carbocycles. The van der Waals surface area contributed by atoms with Crippen molar-refractivity contribution in [3.05, 3.63) is 40.4 Å². The van der Waals surface area contributed by atoms with E-state index >= 15 is 0 Å². The Morgan fingerprint density at radius 2 is 2.06 bits per heavy atom. The molecule has 1 atom stereocenters. The van der Waals surface area contributed by atoms with Crippen molar-refractivity contribution in [1.29, 1.82) is 0 Å². The van der Waals surface area contributed by atoms with Crippen LogP contribution in [0.4, 0.5) is 0 Å². The first-order valence-electron chi connectivity index (χ1n) is 6.13. The largest absolute Gasteiger partial charge is 0.309 e. The lowest BCUT2D eigenvalue weighted by molar-refractivity contribution is 0.537. The highest BCUT2D eigenvalue weighted by molar-refractivity contribution is 7.15. The van der Waals surface area contributed by atoms with Crippen molar-refractivity contribution in [1.82, 2.24) is 10.3 Å². The Balaban J connectivity index is 2.03. The van der Waals surface area contributed by atoms with Crippen molar-refractivity contribution >= 4 is 22.9 Å². The Labute approximate surface area is 117 Å². The van der Waals surface area contributed by atoms with Crippen LogP contribution in [0.1, 0.15) is 25.1 Å². The molecule has 1 aromatic heterocycles. The summed E-state index contributed by atoms with van der Waals surface area (Å²) in [7, 11) is 0. The fraction of sp³-hybridized carbons (Fsp3) is 0.357. The van der Waals surface area contributed by atoms with Gasteiger partial charge in [-0.15, -0.1) is 11.3 Å². The molecule has 1 heterocycles. The number of aromatic nitrogens is 1. The molecule has 1 unspecified atom stereocenters. The number of rotatable bonds is 5. The van der Waals surface area contributed by atoms with Gasteiger partial charge in [-0.3, -0.25) is 0 Å². The summed E-state index contributed by atoms with van der Waals surface area (Å²) in [4.78, 5) is 5.72. The molecule has 96 valence electrons. The first-order valence-corrected chi connectivity index (χ1v) is 7.32. The van der Waals surface area contributed by atoms with Crippen LogP contribution in [-0.4, -0.2) is 11.0 Å². The molecular formula is C14H17ClN2S. The molecule has 2 aromatic rings. The Bertz CT molecular complexity index is 493. The number of nitrogens with one attached hydrogen (secondary N) is 1. The van der Waals surface area contributed by atoms with Crippen molar-refractivity contribution in [3.8, 4) is 10.6 Å². The molecular weight excluding hydrogens is 264 g/mol. The summed E-state index contributed by atoms with van der Waals surface area (Å²) in [5.41, 5.74) is 1.12. The lowest BCUT2D eigenvalue weighted by Crippen LogP contribution is -2.23. The number of nitrogens with zero attached hydrogens (tertiary/aromatic N) is 1. The van der Waals surface area contributed by atoms with Crippen LogP contribution >= 0.6 is 22.9 Å². The summed E-state index contributed by atoms with van der Waals surface area (Å²) < 4.78 is 0. The maximum absolute atomic E-state index is 5.88. The van der Waals surface area contributed by atoms with Gasteiger partial charge in [0.25, 0.3) is 0 Å². The second-order valence-electron chi connectivity index (χ2n) is 4.33. The van der Waals surface area contributed by atoms with Gasteiger partial charge in [0, 0.05) is 34.2 Å². The molecule has 18 heavy (non-hydrogen) atoms. The van der Waals surface area contributed by atoms with Crippen LogP contribution in [0.3, 0.4) is 0 Å². The average Bonchev–Trinajstić information content (AvgIpc) is 2.85. The van der Waals surface area contributed by atoms with Crippen molar-refractivity contribution in [2.24, 2.45) is 0 Å². The Morgan fingerprint density at radius 3 is 2.72 bits per heavy atom. The van der Waals surface area contributed by atoms with E-state index in [0.29, 0.717) is 6.04 Å². The van der Waals surface area contributed by atoms with Crippen LogP contribution in [0.15, 0.2) is 30.5 Å². The third kappa shape index (κ3) is 3.55. The Morgan fingerprint density at radius 1 is 1.33 bits per heavy atom. The molecule has 0 bridgehead atoms. The Hall–Kier alpha value is -0.900. The average molecular weight is 281 g/mol. The van der Waals surface area contributed by atoms with E-state index in [1.807, 2.05) is 30.5 Å². The van der Waals surface area contributed by atoms with Crippen molar-refractivity contribution < 1.29 is 0 Å². The molecule has 1 N–H and O–H groups in total. The van der Waals surface area contributed by atoms with Crippen LogP contribution in [0.2, 0.25) is 5.02 Å². The van der Waals surface area contributed by atoms with Gasteiger partial charge in [-0.1, -0.05) is 30.7 Å². The molecule has 0 aliphatic rings. The topological polar surface area (TPSA) is 24.9 Å². The zero-order chi connectivity index (χ0) is 13.0. The lowest BCUT2D eigenvalue weighted by Gasteiger charge is -2.08. The normalized spacial score (nSPS) is 12.6.